The third-order valence-electron chi connectivity index (χ3n) is 4.92. The zero-order valence-corrected chi connectivity index (χ0v) is 17.5. The van der Waals surface area contributed by atoms with Crippen LogP contribution in [0, 0.1) is 0 Å². The molecule has 4 nitrogen and oxygen atoms in total. The van der Waals surface area contributed by atoms with E-state index in [4.69, 9.17) is 5.11 Å². The molecule has 0 unspecified atom stereocenters. The third kappa shape index (κ3) is 21.4. The van der Waals surface area contributed by atoms with Gasteiger partial charge in [0.2, 0.25) is 5.91 Å². The Bertz CT molecular complexity index is 285. The minimum absolute atomic E-state index is 0.146. The molecule has 0 saturated carbocycles. The summed E-state index contributed by atoms with van der Waals surface area (Å²) in [5, 5.41) is 14.6. The van der Waals surface area contributed by atoms with E-state index < -0.39 is 0 Å². The minimum atomic E-state index is 0.146. The summed E-state index contributed by atoms with van der Waals surface area (Å²) in [7, 11) is 0. The first-order chi connectivity index (χ1) is 12.8. The third-order valence-corrected chi connectivity index (χ3v) is 4.92. The van der Waals surface area contributed by atoms with Crippen molar-refractivity contribution >= 4 is 5.91 Å². The van der Waals surface area contributed by atoms with E-state index in [1.807, 2.05) is 0 Å². The van der Waals surface area contributed by atoms with Crippen molar-refractivity contribution < 1.29 is 9.90 Å². The fourth-order valence-corrected chi connectivity index (χ4v) is 3.24. The van der Waals surface area contributed by atoms with Gasteiger partial charge in [-0.1, -0.05) is 96.8 Å². The van der Waals surface area contributed by atoms with Crippen LogP contribution in [0.2, 0.25) is 0 Å². The van der Waals surface area contributed by atoms with Crippen LogP contribution in [-0.4, -0.2) is 37.3 Å². The first kappa shape index (κ1) is 25.4. The SMILES string of the molecule is CCCCCCCCCCCCCCCCCC(=O)NCCNCCO. The fourth-order valence-electron chi connectivity index (χ4n) is 3.24. The first-order valence-corrected chi connectivity index (χ1v) is 11.4. The number of carbonyl (C=O) groups excluding carboxylic acids is 1. The quantitative estimate of drug-likeness (QED) is 0.251. The first-order valence-electron chi connectivity index (χ1n) is 11.4. The van der Waals surface area contributed by atoms with Gasteiger partial charge in [0.1, 0.15) is 0 Å². The summed E-state index contributed by atoms with van der Waals surface area (Å²) >= 11 is 0. The molecule has 26 heavy (non-hydrogen) atoms. The van der Waals surface area contributed by atoms with Crippen molar-refractivity contribution in [2.45, 2.75) is 110 Å². The van der Waals surface area contributed by atoms with Gasteiger partial charge in [-0.15, -0.1) is 0 Å². The van der Waals surface area contributed by atoms with Crippen molar-refractivity contribution in [3.63, 3.8) is 0 Å². The monoisotopic (exact) mass is 370 g/mol. The van der Waals surface area contributed by atoms with Gasteiger partial charge >= 0.3 is 0 Å². The van der Waals surface area contributed by atoms with Crippen molar-refractivity contribution in [2.75, 3.05) is 26.2 Å². The Morgan fingerprint density at radius 2 is 1.12 bits per heavy atom. The molecule has 0 saturated heterocycles. The van der Waals surface area contributed by atoms with E-state index in [1.54, 1.807) is 0 Å². The summed E-state index contributed by atoms with van der Waals surface area (Å²) in [6.45, 7) is 4.39. The van der Waals surface area contributed by atoms with Gasteiger partial charge in [-0.3, -0.25) is 4.79 Å². The van der Waals surface area contributed by atoms with Crippen molar-refractivity contribution in [3.8, 4) is 0 Å². The Balaban J connectivity index is 3.09. The van der Waals surface area contributed by atoms with Gasteiger partial charge in [0.25, 0.3) is 0 Å². The number of rotatable bonds is 21. The molecule has 0 radical (unpaired) electrons. The van der Waals surface area contributed by atoms with Gasteiger partial charge < -0.3 is 15.7 Å². The van der Waals surface area contributed by atoms with Crippen LogP contribution >= 0.6 is 0 Å². The highest BCUT2D eigenvalue weighted by Crippen LogP contribution is 2.13. The standard InChI is InChI=1S/C22H46N2O2/c1-2-3-4-5-6-7-8-9-10-11-12-13-14-15-16-17-22(26)24-19-18-23-20-21-25/h23,25H,2-21H2,1H3,(H,24,26). The van der Waals surface area contributed by atoms with Gasteiger partial charge in [-0.25, -0.2) is 0 Å². The number of unbranched alkanes of at least 4 members (excludes halogenated alkanes) is 14. The van der Waals surface area contributed by atoms with Gasteiger partial charge in [-0.2, -0.15) is 0 Å². The van der Waals surface area contributed by atoms with Gasteiger partial charge in [0.15, 0.2) is 0 Å². The summed E-state index contributed by atoms with van der Waals surface area (Å²) < 4.78 is 0. The lowest BCUT2D eigenvalue weighted by molar-refractivity contribution is -0.121. The summed E-state index contributed by atoms with van der Waals surface area (Å²) in [6, 6.07) is 0. The normalized spacial score (nSPS) is 11.0. The van der Waals surface area contributed by atoms with Crippen LogP contribution in [0.15, 0.2) is 0 Å². The molecule has 0 aromatic rings. The van der Waals surface area contributed by atoms with Crippen LogP contribution in [0.1, 0.15) is 110 Å². The van der Waals surface area contributed by atoms with Crippen molar-refractivity contribution in [1.82, 2.24) is 10.6 Å². The molecule has 0 bridgehead atoms. The van der Waals surface area contributed by atoms with Crippen LogP contribution in [0.4, 0.5) is 0 Å². The largest absolute Gasteiger partial charge is 0.395 e. The van der Waals surface area contributed by atoms with Gasteiger partial charge in [0, 0.05) is 26.1 Å². The molecule has 0 aliphatic carbocycles. The lowest BCUT2D eigenvalue weighted by Gasteiger charge is -2.06. The molecular formula is C22H46N2O2. The number of aliphatic hydroxyl groups is 1. The maximum absolute atomic E-state index is 11.6. The number of hydrogen-bond acceptors (Lipinski definition) is 3. The van der Waals surface area contributed by atoms with Crippen LogP contribution in [0.3, 0.4) is 0 Å². The minimum Gasteiger partial charge on any atom is -0.395 e. The molecule has 0 heterocycles. The average Bonchev–Trinajstić information content (AvgIpc) is 2.64. The fraction of sp³-hybridized carbons (Fsp3) is 0.955. The average molecular weight is 371 g/mol. The maximum Gasteiger partial charge on any atom is 0.220 e. The summed E-state index contributed by atoms with van der Waals surface area (Å²) in [5.74, 6) is 0.158. The van der Waals surface area contributed by atoms with E-state index in [1.165, 1.54) is 89.9 Å². The molecule has 0 aromatic carbocycles. The molecule has 156 valence electrons. The molecule has 0 atom stereocenters. The number of aliphatic hydroxyl groups excluding tert-OH is 1. The Labute approximate surface area is 162 Å². The molecule has 0 spiro atoms. The lowest BCUT2D eigenvalue weighted by atomic mass is 10.0. The zero-order chi connectivity index (χ0) is 19.1. The Kier molecular flexibility index (Phi) is 21.9. The zero-order valence-electron chi connectivity index (χ0n) is 17.5. The number of nitrogens with one attached hydrogen (secondary N) is 2. The molecule has 0 aromatic heterocycles. The van der Waals surface area contributed by atoms with E-state index in [0.717, 1.165) is 13.0 Å². The number of amides is 1. The number of carbonyl (C=O) groups is 1. The van der Waals surface area contributed by atoms with Crippen LogP contribution in [-0.2, 0) is 4.79 Å². The van der Waals surface area contributed by atoms with Crippen LogP contribution in [0.5, 0.6) is 0 Å². The summed E-state index contributed by atoms with van der Waals surface area (Å²) in [4.78, 5) is 11.6. The molecule has 0 rings (SSSR count). The number of hydrogen-bond donors (Lipinski definition) is 3. The van der Waals surface area contributed by atoms with E-state index in [-0.39, 0.29) is 12.5 Å². The molecule has 4 heteroatoms. The second-order valence-electron chi connectivity index (χ2n) is 7.52. The second-order valence-corrected chi connectivity index (χ2v) is 7.52. The molecular weight excluding hydrogens is 324 g/mol. The highest BCUT2D eigenvalue weighted by Gasteiger charge is 2.00. The van der Waals surface area contributed by atoms with E-state index in [9.17, 15) is 4.79 Å². The maximum atomic E-state index is 11.6. The Morgan fingerprint density at radius 1 is 0.654 bits per heavy atom. The van der Waals surface area contributed by atoms with Crippen LogP contribution < -0.4 is 10.6 Å². The van der Waals surface area contributed by atoms with Crippen molar-refractivity contribution in [2.24, 2.45) is 0 Å². The van der Waals surface area contributed by atoms with Crippen molar-refractivity contribution in [1.29, 1.82) is 0 Å². The van der Waals surface area contributed by atoms with E-state index in [0.29, 0.717) is 19.5 Å². The Morgan fingerprint density at radius 3 is 1.58 bits per heavy atom. The molecule has 0 aliphatic rings. The highest BCUT2D eigenvalue weighted by atomic mass is 16.3. The molecule has 1 amide bonds. The predicted octanol–water partition coefficient (Wildman–Crippen LogP) is 4.95. The van der Waals surface area contributed by atoms with Crippen molar-refractivity contribution in [3.05, 3.63) is 0 Å². The Hall–Kier alpha value is -0.610. The molecule has 0 aliphatic heterocycles. The smallest absolute Gasteiger partial charge is 0.220 e. The highest BCUT2D eigenvalue weighted by molar-refractivity contribution is 5.75. The van der Waals surface area contributed by atoms with E-state index >= 15 is 0 Å². The lowest BCUT2D eigenvalue weighted by Crippen LogP contribution is -2.32. The molecule has 3 N–H and O–H groups in total. The topological polar surface area (TPSA) is 61.4 Å². The summed E-state index contributed by atoms with van der Waals surface area (Å²) in [6.07, 6.45) is 20.9. The van der Waals surface area contributed by atoms with E-state index in [2.05, 4.69) is 17.6 Å². The summed E-state index contributed by atoms with van der Waals surface area (Å²) in [5.41, 5.74) is 0. The predicted molar refractivity (Wildman–Crippen MR) is 113 cm³/mol. The van der Waals surface area contributed by atoms with Gasteiger partial charge in [-0.05, 0) is 6.42 Å². The second kappa shape index (κ2) is 22.4. The molecule has 0 fully saturated rings. The van der Waals surface area contributed by atoms with Crippen LogP contribution in [0.25, 0.3) is 0 Å². The van der Waals surface area contributed by atoms with Gasteiger partial charge in [0.05, 0.1) is 6.61 Å².